The first-order valence-corrected chi connectivity index (χ1v) is 14.8. The zero-order valence-corrected chi connectivity index (χ0v) is 25.3. The molecule has 2 amide bonds. The van der Waals surface area contributed by atoms with Crippen molar-refractivity contribution in [1.29, 1.82) is 0 Å². The summed E-state index contributed by atoms with van der Waals surface area (Å²) in [5.74, 6) is -0.155. The number of carbonyl (C=O) groups excluding carboxylic acids is 1. The molecule has 4 aromatic carbocycles. The van der Waals surface area contributed by atoms with Crippen LogP contribution in [0, 0.1) is 6.92 Å². The Kier molecular flexibility index (Phi) is 9.89. The number of fused-ring (bicyclic) bond motifs is 1. The van der Waals surface area contributed by atoms with Crippen molar-refractivity contribution in [2.75, 3.05) is 18.9 Å². The maximum absolute atomic E-state index is 13.7. The third-order valence-electron chi connectivity index (χ3n) is 7.85. The molecule has 0 fully saturated rings. The van der Waals surface area contributed by atoms with Crippen LogP contribution < -0.4 is 10.9 Å². The van der Waals surface area contributed by atoms with Crippen LogP contribution in [0.1, 0.15) is 27.8 Å². The molecule has 0 saturated heterocycles. The fourth-order valence-corrected chi connectivity index (χ4v) is 5.31. The van der Waals surface area contributed by atoms with Crippen LogP contribution in [0.4, 0.5) is 10.8 Å². The minimum Gasteiger partial charge on any atom is -0.465 e. The zero-order chi connectivity index (χ0) is 31.8. The number of aryl methyl sites for hydroxylation is 1. The quantitative estimate of drug-likeness (QED) is 0.182. The molecule has 0 aliphatic heterocycles. The lowest BCUT2D eigenvalue weighted by Crippen LogP contribution is -2.43. The van der Waals surface area contributed by atoms with Gasteiger partial charge in [-0.05, 0) is 47.2 Å². The molecule has 9 nitrogen and oxygen atoms in total. The van der Waals surface area contributed by atoms with Gasteiger partial charge in [-0.2, -0.15) is 4.98 Å². The monoisotopic (exact) mass is 604 g/mol. The van der Waals surface area contributed by atoms with Gasteiger partial charge in [-0.15, -0.1) is 0 Å². The smallest absolute Gasteiger partial charge is 0.407 e. The van der Waals surface area contributed by atoms with Crippen molar-refractivity contribution >= 4 is 28.9 Å². The molecule has 0 aliphatic carbocycles. The molecule has 230 valence electrons. The lowest BCUT2D eigenvalue weighted by atomic mass is 10.0. The van der Waals surface area contributed by atoms with Gasteiger partial charge in [0.25, 0.3) is 6.01 Å². The Hall–Kier alpha value is -5.44. The number of hydrogen-bond donors (Lipinski definition) is 2. The van der Waals surface area contributed by atoms with E-state index in [1.807, 2.05) is 91.0 Å². The summed E-state index contributed by atoms with van der Waals surface area (Å²) >= 11 is 0. The van der Waals surface area contributed by atoms with Crippen LogP contribution in [-0.2, 0) is 30.7 Å². The normalized spacial score (nSPS) is 11.6. The van der Waals surface area contributed by atoms with Crippen molar-refractivity contribution in [3.63, 3.8) is 0 Å². The maximum atomic E-state index is 13.7. The summed E-state index contributed by atoms with van der Waals surface area (Å²) in [6.45, 7) is 2.58. The van der Waals surface area contributed by atoms with E-state index in [1.165, 1.54) is 4.90 Å². The molecule has 1 atom stereocenters. The molecule has 5 aromatic rings. The van der Waals surface area contributed by atoms with Crippen LogP contribution in [0.15, 0.2) is 112 Å². The molecule has 2 N–H and O–H groups in total. The van der Waals surface area contributed by atoms with Crippen LogP contribution >= 0.6 is 0 Å². The highest BCUT2D eigenvalue weighted by molar-refractivity contribution is 5.85. The van der Waals surface area contributed by atoms with Gasteiger partial charge in [-0.1, -0.05) is 97.1 Å². The minimum absolute atomic E-state index is 0.0540. The lowest BCUT2D eigenvalue weighted by molar-refractivity contribution is -0.130. The number of carbonyl (C=O) groups is 2. The molecule has 0 aliphatic rings. The third kappa shape index (κ3) is 7.94. The van der Waals surface area contributed by atoms with Crippen molar-refractivity contribution in [3.8, 4) is 0 Å². The molecule has 9 heteroatoms. The SMILES string of the molecule is Cc1c(CN(Cc2ccccc2)C(=O)O)ccc2nc(N[C@@H](Cc3ccccc3)C(=O)N(C)CCc3ccccc3)oc(=O)c12. The second-order valence-corrected chi connectivity index (χ2v) is 11.1. The Morgan fingerprint density at radius 1 is 0.844 bits per heavy atom. The number of aromatic nitrogens is 1. The van der Waals surface area contributed by atoms with Crippen molar-refractivity contribution < 1.29 is 19.1 Å². The molecule has 5 rings (SSSR count). The van der Waals surface area contributed by atoms with E-state index in [2.05, 4.69) is 10.3 Å². The fraction of sp³-hybridized carbons (Fsp3) is 0.222. The fourth-order valence-electron chi connectivity index (χ4n) is 5.31. The van der Waals surface area contributed by atoms with Gasteiger partial charge in [0.1, 0.15) is 6.04 Å². The van der Waals surface area contributed by atoms with Crippen molar-refractivity contribution in [3.05, 3.63) is 141 Å². The van der Waals surface area contributed by atoms with Crippen LogP contribution in [0.25, 0.3) is 10.9 Å². The predicted molar refractivity (Wildman–Crippen MR) is 174 cm³/mol. The number of nitrogens with one attached hydrogen (secondary N) is 1. The summed E-state index contributed by atoms with van der Waals surface area (Å²) in [6.07, 6.45) is 0.00537. The van der Waals surface area contributed by atoms with E-state index >= 15 is 0 Å². The number of likely N-dealkylation sites (N-methyl/N-ethyl adjacent to an activating group) is 1. The van der Waals surface area contributed by atoms with E-state index in [1.54, 1.807) is 31.0 Å². The van der Waals surface area contributed by atoms with Gasteiger partial charge in [0, 0.05) is 33.1 Å². The van der Waals surface area contributed by atoms with E-state index in [0.717, 1.165) is 16.7 Å². The number of nitrogens with zero attached hydrogens (tertiary/aromatic N) is 3. The Balaban J connectivity index is 1.38. The average molecular weight is 605 g/mol. The van der Waals surface area contributed by atoms with Crippen molar-refractivity contribution in [1.82, 2.24) is 14.8 Å². The standard InChI is InChI=1S/C36H36N4O5/c1-25-29(24-40(36(43)44)23-28-16-10-5-11-17-28)18-19-30-32(25)34(42)45-35(37-30)38-31(22-27-14-8-4-9-15-27)33(41)39(2)21-20-26-12-6-3-7-13-26/h3-19,31H,20-24H2,1-2H3,(H,37,38)(H,43,44)/t31-/m0/s1. The molecular weight excluding hydrogens is 568 g/mol. The number of hydrogen-bond acceptors (Lipinski definition) is 6. The van der Waals surface area contributed by atoms with E-state index < -0.39 is 17.8 Å². The van der Waals surface area contributed by atoms with Gasteiger partial charge < -0.3 is 19.7 Å². The predicted octanol–water partition coefficient (Wildman–Crippen LogP) is 5.90. The van der Waals surface area contributed by atoms with E-state index in [0.29, 0.717) is 36.0 Å². The molecule has 0 unspecified atom stereocenters. The highest BCUT2D eigenvalue weighted by Crippen LogP contribution is 2.22. The summed E-state index contributed by atoms with van der Waals surface area (Å²) in [5.41, 5.74) is 3.99. The first-order valence-electron chi connectivity index (χ1n) is 14.8. The molecule has 0 radical (unpaired) electrons. The summed E-state index contributed by atoms with van der Waals surface area (Å²) in [5, 5.41) is 13.2. The summed E-state index contributed by atoms with van der Waals surface area (Å²) in [7, 11) is 1.76. The van der Waals surface area contributed by atoms with Crippen LogP contribution in [0.5, 0.6) is 0 Å². The van der Waals surface area contributed by atoms with E-state index in [-0.39, 0.29) is 30.4 Å². The number of amides is 2. The molecular formula is C36H36N4O5. The van der Waals surface area contributed by atoms with Crippen molar-refractivity contribution in [2.45, 2.75) is 38.9 Å². The number of carboxylic acid groups (broad SMARTS) is 1. The Bertz CT molecular complexity index is 1810. The maximum Gasteiger partial charge on any atom is 0.407 e. The topological polar surface area (TPSA) is 116 Å². The molecule has 45 heavy (non-hydrogen) atoms. The summed E-state index contributed by atoms with van der Waals surface area (Å²) in [6, 6.07) is 31.6. The largest absolute Gasteiger partial charge is 0.465 e. The number of benzene rings is 4. The van der Waals surface area contributed by atoms with Crippen molar-refractivity contribution in [2.24, 2.45) is 0 Å². The molecule has 0 spiro atoms. The van der Waals surface area contributed by atoms with Crippen LogP contribution in [-0.4, -0.2) is 51.5 Å². The van der Waals surface area contributed by atoms with Crippen LogP contribution in [0.3, 0.4) is 0 Å². The Morgan fingerprint density at radius 2 is 1.44 bits per heavy atom. The summed E-state index contributed by atoms with van der Waals surface area (Å²) in [4.78, 5) is 46.6. The van der Waals surface area contributed by atoms with Gasteiger partial charge in [-0.3, -0.25) is 9.69 Å². The number of rotatable bonds is 12. The second kappa shape index (κ2) is 14.4. The van der Waals surface area contributed by atoms with Gasteiger partial charge in [0.05, 0.1) is 10.9 Å². The van der Waals surface area contributed by atoms with Gasteiger partial charge in [0.15, 0.2) is 0 Å². The lowest BCUT2D eigenvalue weighted by Gasteiger charge is -2.25. The zero-order valence-electron chi connectivity index (χ0n) is 25.3. The first-order chi connectivity index (χ1) is 21.8. The highest BCUT2D eigenvalue weighted by Gasteiger charge is 2.25. The number of anilines is 1. The average Bonchev–Trinajstić information content (AvgIpc) is 3.05. The Morgan fingerprint density at radius 3 is 2.07 bits per heavy atom. The first kappa shape index (κ1) is 31.0. The highest BCUT2D eigenvalue weighted by atomic mass is 16.4. The minimum atomic E-state index is -1.06. The molecule has 1 aromatic heterocycles. The van der Waals surface area contributed by atoms with Gasteiger partial charge in [0.2, 0.25) is 5.91 Å². The Labute approximate surface area is 261 Å². The third-order valence-corrected chi connectivity index (χ3v) is 7.85. The van der Waals surface area contributed by atoms with Gasteiger partial charge >= 0.3 is 11.7 Å². The molecule has 0 bridgehead atoms. The van der Waals surface area contributed by atoms with Gasteiger partial charge in [-0.25, -0.2) is 9.59 Å². The van der Waals surface area contributed by atoms with Crippen LogP contribution in [0.2, 0.25) is 0 Å². The molecule has 0 saturated carbocycles. The summed E-state index contributed by atoms with van der Waals surface area (Å²) < 4.78 is 5.62. The second-order valence-electron chi connectivity index (χ2n) is 11.1. The van der Waals surface area contributed by atoms with E-state index in [9.17, 15) is 19.5 Å². The van der Waals surface area contributed by atoms with E-state index in [4.69, 9.17) is 4.42 Å². The molecule has 1 heterocycles.